The van der Waals surface area contributed by atoms with Crippen molar-refractivity contribution in [1.29, 1.82) is 0 Å². The Bertz CT molecular complexity index is 1490. The second-order valence-corrected chi connectivity index (χ2v) is 10.4. The van der Waals surface area contributed by atoms with Gasteiger partial charge in [-0.3, -0.25) is 9.78 Å². The van der Waals surface area contributed by atoms with Gasteiger partial charge in [-0.1, -0.05) is 30.3 Å². The molecule has 1 atom stereocenters. The van der Waals surface area contributed by atoms with Crippen LogP contribution in [0.25, 0.3) is 11.3 Å². The van der Waals surface area contributed by atoms with Gasteiger partial charge >= 0.3 is 5.97 Å². The van der Waals surface area contributed by atoms with E-state index in [0.29, 0.717) is 36.4 Å². The van der Waals surface area contributed by atoms with E-state index in [1.807, 2.05) is 61.5 Å². The zero-order chi connectivity index (χ0) is 28.8. The lowest BCUT2D eigenvalue weighted by molar-refractivity contribution is -0.142. The molecule has 1 aromatic carbocycles. The number of aromatic nitrogens is 4. The SMILES string of the molecule is CCOc1cccnc1O[C@@H]1CCCN(c2cncc(Nc3cccc(-c4ccc(C(C)(C)C(=O)O)cc4)n3)n2)C1. The van der Waals surface area contributed by atoms with Gasteiger partial charge in [0, 0.05) is 18.3 Å². The minimum absolute atomic E-state index is 0.0536. The molecule has 10 heteroatoms. The molecular weight excluding hydrogens is 520 g/mol. The van der Waals surface area contributed by atoms with Crippen molar-refractivity contribution in [3.05, 3.63) is 78.8 Å². The van der Waals surface area contributed by atoms with E-state index in [0.717, 1.165) is 42.0 Å². The number of anilines is 3. The third-order valence-electron chi connectivity index (χ3n) is 7.08. The predicted molar refractivity (Wildman–Crippen MR) is 157 cm³/mol. The van der Waals surface area contributed by atoms with Gasteiger partial charge in [0.05, 0.1) is 36.7 Å². The molecule has 0 spiro atoms. The fraction of sp³-hybridized carbons (Fsp3) is 0.323. The number of carbonyl (C=O) groups is 1. The maximum absolute atomic E-state index is 11.6. The summed E-state index contributed by atoms with van der Waals surface area (Å²) in [5.41, 5.74) is 1.41. The number of hydrogen-bond donors (Lipinski definition) is 2. The molecule has 0 radical (unpaired) electrons. The van der Waals surface area contributed by atoms with Gasteiger partial charge in [0.25, 0.3) is 5.88 Å². The fourth-order valence-electron chi connectivity index (χ4n) is 4.68. The molecule has 0 aliphatic carbocycles. The number of carboxylic acid groups (broad SMARTS) is 1. The molecule has 5 rings (SSSR count). The zero-order valence-corrected chi connectivity index (χ0v) is 23.4. The second kappa shape index (κ2) is 12.2. The second-order valence-electron chi connectivity index (χ2n) is 10.4. The molecule has 1 aliphatic heterocycles. The molecule has 4 heterocycles. The number of rotatable bonds is 10. The predicted octanol–water partition coefficient (Wildman–Crippen LogP) is 5.49. The van der Waals surface area contributed by atoms with Crippen molar-refractivity contribution in [3.63, 3.8) is 0 Å². The smallest absolute Gasteiger partial charge is 0.313 e. The summed E-state index contributed by atoms with van der Waals surface area (Å²) in [4.78, 5) is 32.1. The lowest BCUT2D eigenvalue weighted by Gasteiger charge is -2.33. The minimum atomic E-state index is -0.968. The first-order chi connectivity index (χ1) is 19.8. The van der Waals surface area contributed by atoms with Crippen LogP contribution in [0.3, 0.4) is 0 Å². The molecule has 1 aliphatic rings. The third kappa shape index (κ3) is 6.54. The van der Waals surface area contributed by atoms with Crippen molar-refractivity contribution >= 4 is 23.4 Å². The van der Waals surface area contributed by atoms with Crippen LogP contribution in [-0.2, 0) is 10.2 Å². The highest BCUT2D eigenvalue weighted by atomic mass is 16.5. The molecule has 3 aromatic heterocycles. The molecule has 1 fully saturated rings. The molecule has 0 saturated carbocycles. The van der Waals surface area contributed by atoms with E-state index in [1.54, 1.807) is 32.4 Å². The molecular formula is C31H34N6O4. The number of carboxylic acids is 1. The van der Waals surface area contributed by atoms with Crippen LogP contribution in [-0.4, -0.2) is 56.8 Å². The topological polar surface area (TPSA) is 123 Å². The highest BCUT2D eigenvalue weighted by Crippen LogP contribution is 2.29. The quantitative estimate of drug-likeness (QED) is 0.260. The van der Waals surface area contributed by atoms with Crippen LogP contribution in [0.4, 0.5) is 17.5 Å². The average Bonchev–Trinajstić information content (AvgIpc) is 2.99. The summed E-state index contributed by atoms with van der Waals surface area (Å²) in [6, 6.07) is 16.9. The van der Waals surface area contributed by atoms with E-state index in [4.69, 9.17) is 19.4 Å². The highest BCUT2D eigenvalue weighted by Gasteiger charge is 2.29. The number of nitrogens with zero attached hydrogens (tertiary/aromatic N) is 5. The Morgan fingerprint density at radius 2 is 1.90 bits per heavy atom. The summed E-state index contributed by atoms with van der Waals surface area (Å²) in [6.07, 6.45) is 6.94. The van der Waals surface area contributed by atoms with Crippen LogP contribution in [0, 0.1) is 0 Å². The number of aliphatic carboxylic acids is 1. The molecule has 0 unspecified atom stereocenters. The van der Waals surface area contributed by atoms with Crippen LogP contribution in [0.1, 0.15) is 39.2 Å². The van der Waals surface area contributed by atoms with E-state index < -0.39 is 11.4 Å². The van der Waals surface area contributed by atoms with Gasteiger partial charge in [0.2, 0.25) is 0 Å². The molecule has 0 bridgehead atoms. The lowest BCUT2D eigenvalue weighted by atomic mass is 9.84. The van der Waals surface area contributed by atoms with Crippen LogP contribution >= 0.6 is 0 Å². The molecule has 212 valence electrons. The summed E-state index contributed by atoms with van der Waals surface area (Å²) in [6.45, 7) is 7.37. The molecule has 4 aromatic rings. The number of ether oxygens (including phenoxy) is 2. The Hall–Kier alpha value is -4.73. The fourth-order valence-corrected chi connectivity index (χ4v) is 4.68. The molecule has 0 amide bonds. The van der Waals surface area contributed by atoms with Crippen LogP contribution in [0.5, 0.6) is 11.6 Å². The summed E-state index contributed by atoms with van der Waals surface area (Å²) in [5, 5.41) is 12.8. The monoisotopic (exact) mass is 554 g/mol. The van der Waals surface area contributed by atoms with Crippen LogP contribution in [0.2, 0.25) is 0 Å². The molecule has 10 nitrogen and oxygen atoms in total. The average molecular weight is 555 g/mol. The van der Waals surface area contributed by atoms with E-state index in [2.05, 4.69) is 20.2 Å². The number of hydrogen-bond acceptors (Lipinski definition) is 9. The summed E-state index contributed by atoms with van der Waals surface area (Å²) < 4.78 is 11.9. The largest absolute Gasteiger partial charge is 0.488 e. The number of pyridine rings is 2. The van der Waals surface area contributed by atoms with Gasteiger partial charge in [0.1, 0.15) is 17.7 Å². The number of nitrogens with one attached hydrogen (secondary N) is 1. The van der Waals surface area contributed by atoms with Gasteiger partial charge in [-0.15, -0.1) is 0 Å². The first kappa shape index (κ1) is 27.8. The van der Waals surface area contributed by atoms with Gasteiger partial charge < -0.3 is 24.8 Å². The van der Waals surface area contributed by atoms with E-state index in [1.165, 1.54) is 0 Å². The summed E-state index contributed by atoms with van der Waals surface area (Å²) >= 11 is 0. The zero-order valence-electron chi connectivity index (χ0n) is 23.4. The summed E-state index contributed by atoms with van der Waals surface area (Å²) in [7, 11) is 0. The summed E-state index contributed by atoms with van der Waals surface area (Å²) in [5.74, 6) is 2.25. The van der Waals surface area contributed by atoms with Gasteiger partial charge in [-0.25, -0.2) is 15.0 Å². The first-order valence-corrected chi connectivity index (χ1v) is 13.7. The van der Waals surface area contributed by atoms with E-state index in [9.17, 15) is 9.90 Å². The van der Waals surface area contributed by atoms with Crippen molar-refractivity contribution in [2.24, 2.45) is 0 Å². The van der Waals surface area contributed by atoms with Crippen LogP contribution < -0.4 is 19.7 Å². The van der Waals surface area contributed by atoms with Crippen molar-refractivity contribution < 1.29 is 19.4 Å². The van der Waals surface area contributed by atoms with Gasteiger partial charge in [-0.05, 0) is 63.4 Å². The normalized spacial score (nSPS) is 15.3. The minimum Gasteiger partial charge on any atom is -0.488 e. The maximum atomic E-state index is 11.6. The Kier molecular flexibility index (Phi) is 8.28. The number of piperidine rings is 1. The van der Waals surface area contributed by atoms with Crippen molar-refractivity contribution in [2.45, 2.75) is 45.1 Å². The van der Waals surface area contributed by atoms with Crippen molar-refractivity contribution in [1.82, 2.24) is 19.9 Å². The Morgan fingerprint density at radius 3 is 2.68 bits per heavy atom. The molecule has 41 heavy (non-hydrogen) atoms. The third-order valence-corrected chi connectivity index (χ3v) is 7.08. The van der Waals surface area contributed by atoms with Gasteiger partial charge in [-0.2, -0.15) is 0 Å². The van der Waals surface area contributed by atoms with E-state index >= 15 is 0 Å². The molecule has 2 N–H and O–H groups in total. The van der Waals surface area contributed by atoms with Gasteiger partial charge in [0.15, 0.2) is 11.6 Å². The Morgan fingerprint density at radius 1 is 1.07 bits per heavy atom. The van der Waals surface area contributed by atoms with Crippen molar-refractivity contribution in [2.75, 3.05) is 29.9 Å². The molecule has 1 saturated heterocycles. The Labute approximate surface area is 239 Å². The highest BCUT2D eigenvalue weighted by molar-refractivity contribution is 5.80. The van der Waals surface area contributed by atoms with Crippen molar-refractivity contribution in [3.8, 4) is 22.9 Å². The standard InChI is InChI=1S/C31H34N6O4/c1-4-40-25-10-6-16-33-29(25)41-23-8-7-17-37(20-23)28-19-32-18-27(36-28)35-26-11-5-9-24(34-26)21-12-14-22(15-13-21)31(2,3)30(38)39/h5-6,9-16,18-19,23H,4,7-8,17,20H2,1-3H3,(H,38,39)(H,34,35,36)/t23-/m1/s1. The van der Waals surface area contributed by atoms with Crippen LogP contribution in [0.15, 0.2) is 73.2 Å². The Balaban J connectivity index is 1.27. The maximum Gasteiger partial charge on any atom is 0.313 e. The number of benzene rings is 1. The van der Waals surface area contributed by atoms with E-state index in [-0.39, 0.29) is 6.10 Å². The first-order valence-electron chi connectivity index (χ1n) is 13.7. The lowest BCUT2D eigenvalue weighted by Crippen LogP contribution is -2.41.